The second-order valence-corrected chi connectivity index (χ2v) is 7.13. The molecule has 2 aromatic rings. The maximum atomic E-state index is 12.8. The highest BCUT2D eigenvalue weighted by molar-refractivity contribution is 8.18. The Kier molecular flexibility index (Phi) is 5.47. The van der Waals surface area contributed by atoms with Gasteiger partial charge < -0.3 is 4.74 Å². The fourth-order valence-electron chi connectivity index (χ4n) is 2.70. The molecule has 2 aromatic carbocycles. The molecule has 1 aliphatic heterocycles. The molecule has 0 bridgehead atoms. The van der Waals surface area contributed by atoms with Crippen LogP contribution in [0.3, 0.4) is 0 Å². The van der Waals surface area contributed by atoms with E-state index in [1.807, 2.05) is 57.2 Å². The Morgan fingerprint density at radius 1 is 1.19 bits per heavy atom. The molecule has 1 aliphatic rings. The maximum Gasteiger partial charge on any atom is 0.266 e. The standard InChI is InChI=1S/C21H22N2O2S/c1-5-23-20(24)19(13-16-7-6-8-17(12-16)25-4)26-21(23)22-18-11-14(2)9-10-15(18)3/h6-13H,5H2,1-4H3/b19-13+,22-21?. The van der Waals surface area contributed by atoms with Crippen LogP contribution in [0.4, 0.5) is 5.69 Å². The molecule has 0 radical (unpaired) electrons. The minimum absolute atomic E-state index is 0.00984. The molecule has 3 rings (SSSR count). The number of benzene rings is 2. The van der Waals surface area contributed by atoms with Crippen LogP contribution in [0.5, 0.6) is 5.75 Å². The van der Waals surface area contributed by atoms with Gasteiger partial charge in [0.1, 0.15) is 5.75 Å². The Balaban J connectivity index is 1.96. The second-order valence-electron chi connectivity index (χ2n) is 6.12. The molecule has 0 aromatic heterocycles. The average molecular weight is 366 g/mol. The van der Waals surface area contributed by atoms with Crippen molar-refractivity contribution in [2.75, 3.05) is 13.7 Å². The van der Waals surface area contributed by atoms with Crippen molar-refractivity contribution in [1.29, 1.82) is 0 Å². The zero-order valence-electron chi connectivity index (χ0n) is 15.4. The molecule has 5 heteroatoms. The van der Waals surface area contributed by atoms with E-state index in [0.29, 0.717) is 11.4 Å². The van der Waals surface area contributed by atoms with Gasteiger partial charge in [-0.05, 0) is 73.5 Å². The summed E-state index contributed by atoms with van der Waals surface area (Å²) in [6.07, 6.45) is 1.89. The van der Waals surface area contributed by atoms with Crippen molar-refractivity contribution in [3.63, 3.8) is 0 Å². The van der Waals surface area contributed by atoms with E-state index in [-0.39, 0.29) is 5.91 Å². The Bertz CT molecular complexity index is 903. The van der Waals surface area contributed by atoms with E-state index in [2.05, 4.69) is 12.1 Å². The third-order valence-corrected chi connectivity index (χ3v) is 5.18. The fourth-order valence-corrected chi connectivity index (χ4v) is 3.75. The third kappa shape index (κ3) is 3.83. The van der Waals surface area contributed by atoms with Gasteiger partial charge in [-0.2, -0.15) is 0 Å². The predicted octanol–water partition coefficient (Wildman–Crippen LogP) is 4.94. The van der Waals surface area contributed by atoms with Crippen molar-refractivity contribution < 1.29 is 9.53 Å². The topological polar surface area (TPSA) is 41.9 Å². The fraction of sp³-hybridized carbons (Fsp3) is 0.238. The Morgan fingerprint density at radius 3 is 2.73 bits per heavy atom. The van der Waals surface area contributed by atoms with Crippen molar-refractivity contribution in [2.45, 2.75) is 20.8 Å². The molecule has 0 atom stereocenters. The Morgan fingerprint density at radius 2 is 2.00 bits per heavy atom. The summed E-state index contributed by atoms with van der Waals surface area (Å²) in [5.74, 6) is 0.760. The highest BCUT2D eigenvalue weighted by Crippen LogP contribution is 2.35. The van der Waals surface area contributed by atoms with Crippen LogP contribution in [0, 0.1) is 13.8 Å². The normalized spacial score (nSPS) is 17.4. The van der Waals surface area contributed by atoms with Crippen molar-refractivity contribution in [2.24, 2.45) is 4.99 Å². The van der Waals surface area contributed by atoms with E-state index in [1.165, 1.54) is 11.8 Å². The molecular formula is C21H22N2O2S. The molecular weight excluding hydrogens is 344 g/mol. The number of ether oxygens (including phenoxy) is 1. The molecule has 0 spiro atoms. The van der Waals surface area contributed by atoms with Crippen LogP contribution in [0.25, 0.3) is 6.08 Å². The number of hydrogen-bond acceptors (Lipinski definition) is 4. The van der Waals surface area contributed by atoms with Gasteiger partial charge in [0.25, 0.3) is 5.91 Å². The lowest BCUT2D eigenvalue weighted by Crippen LogP contribution is -2.28. The molecule has 1 amide bonds. The van der Waals surface area contributed by atoms with Crippen LogP contribution in [-0.4, -0.2) is 29.6 Å². The quantitative estimate of drug-likeness (QED) is 0.720. The van der Waals surface area contributed by atoms with Crippen molar-refractivity contribution in [3.05, 3.63) is 64.1 Å². The number of amidine groups is 1. The predicted molar refractivity (Wildman–Crippen MR) is 109 cm³/mol. The zero-order valence-corrected chi connectivity index (χ0v) is 16.3. The lowest BCUT2D eigenvalue weighted by atomic mass is 10.1. The van der Waals surface area contributed by atoms with Gasteiger partial charge in [0.05, 0.1) is 17.7 Å². The molecule has 1 heterocycles. The maximum absolute atomic E-state index is 12.8. The van der Waals surface area contributed by atoms with Gasteiger partial charge in [-0.1, -0.05) is 24.3 Å². The summed E-state index contributed by atoms with van der Waals surface area (Å²) in [6, 6.07) is 13.8. The smallest absolute Gasteiger partial charge is 0.266 e. The molecule has 26 heavy (non-hydrogen) atoms. The minimum Gasteiger partial charge on any atom is -0.497 e. The van der Waals surface area contributed by atoms with Crippen LogP contribution in [0.2, 0.25) is 0 Å². The van der Waals surface area contributed by atoms with Gasteiger partial charge in [0.2, 0.25) is 0 Å². The van der Waals surface area contributed by atoms with Crippen LogP contribution in [0.1, 0.15) is 23.6 Å². The lowest BCUT2D eigenvalue weighted by molar-refractivity contribution is -0.122. The first-order valence-corrected chi connectivity index (χ1v) is 9.35. The number of carbonyl (C=O) groups excluding carboxylic acids is 1. The van der Waals surface area contributed by atoms with Gasteiger partial charge in [0, 0.05) is 6.54 Å². The zero-order chi connectivity index (χ0) is 18.7. The van der Waals surface area contributed by atoms with E-state index < -0.39 is 0 Å². The van der Waals surface area contributed by atoms with Gasteiger partial charge in [-0.3, -0.25) is 9.69 Å². The van der Waals surface area contributed by atoms with E-state index >= 15 is 0 Å². The SMILES string of the molecule is CCN1C(=O)/C(=C\c2cccc(OC)c2)SC1=Nc1cc(C)ccc1C. The highest BCUT2D eigenvalue weighted by atomic mass is 32.2. The Hall–Kier alpha value is -2.53. The lowest BCUT2D eigenvalue weighted by Gasteiger charge is -2.12. The largest absolute Gasteiger partial charge is 0.497 e. The summed E-state index contributed by atoms with van der Waals surface area (Å²) in [4.78, 5) is 19.9. The van der Waals surface area contributed by atoms with Crippen molar-refractivity contribution in [1.82, 2.24) is 4.90 Å². The Labute approximate surface area is 158 Å². The van der Waals surface area contributed by atoms with Crippen molar-refractivity contribution in [3.8, 4) is 5.75 Å². The van der Waals surface area contributed by atoms with E-state index in [0.717, 1.165) is 33.3 Å². The van der Waals surface area contributed by atoms with Crippen LogP contribution in [0.15, 0.2) is 52.4 Å². The number of rotatable bonds is 4. The summed E-state index contributed by atoms with van der Waals surface area (Å²) in [5.41, 5.74) is 4.09. The van der Waals surface area contributed by atoms with Gasteiger partial charge in [0.15, 0.2) is 5.17 Å². The number of thioether (sulfide) groups is 1. The number of methoxy groups -OCH3 is 1. The monoisotopic (exact) mass is 366 g/mol. The summed E-state index contributed by atoms with van der Waals surface area (Å²) in [5, 5.41) is 0.723. The molecule has 4 nitrogen and oxygen atoms in total. The first-order chi connectivity index (χ1) is 12.5. The van der Waals surface area contributed by atoms with Gasteiger partial charge in [-0.15, -0.1) is 0 Å². The number of amides is 1. The molecule has 134 valence electrons. The number of aliphatic imine (C=N–C) groups is 1. The molecule has 1 fully saturated rings. The number of likely N-dealkylation sites (N-methyl/N-ethyl adjacent to an activating group) is 1. The minimum atomic E-state index is -0.00984. The molecule has 0 unspecified atom stereocenters. The molecule has 1 saturated heterocycles. The van der Waals surface area contributed by atoms with Gasteiger partial charge >= 0.3 is 0 Å². The number of aryl methyl sites for hydroxylation is 2. The van der Waals surface area contributed by atoms with Gasteiger partial charge in [-0.25, -0.2) is 4.99 Å². The first kappa shape index (κ1) is 18.3. The number of hydrogen-bond donors (Lipinski definition) is 0. The highest BCUT2D eigenvalue weighted by Gasteiger charge is 2.32. The molecule has 0 aliphatic carbocycles. The van der Waals surface area contributed by atoms with Crippen LogP contribution in [-0.2, 0) is 4.79 Å². The molecule has 0 saturated carbocycles. The summed E-state index contributed by atoms with van der Waals surface area (Å²) < 4.78 is 5.26. The molecule has 0 N–H and O–H groups in total. The van der Waals surface area contributed by atoms with Crippen LogP contribution < -0.4 is 4.74 Å². The van der Waals surface area contributed by atoms with E-state index in [4.69, 9.17) is 9.73 Å². The summed E-state index contributed by atoms with van der Waals surface area (Å²) >= 11 is 1.42. The second kappa shape index (κ2) is 7.79. The summed E-state index contributed by atoms with van der Waals surface area (Å²) in [6.45, 7) is 6.63. The van der Waals surface area contributed by atoms with Crippen molar-refractivity contribution >= 4 is 34.6 Å². The average Bonchev–Trinajstić information content (AvgIpc) is 2.93. The number of nitrogens with zero attached hydrogens (tertiary/aromatic N) is 2. The third-order valence-electron chi connectivity index (χ3n) is 4.18. The van der Waals surface area contributed by atoms with E-state index in [1.54, 1.807) is 12.0 Å². The number of carbonyl (C=O) groups is 1. The first-order valence-electron chi connectivity index (χ1n) is 8.53. The summed E-state index contributed by atoms with van der Waals surface area (Å²) in [7, 11) is 1.63. The van der Waals surface area contributed by atoms with Crippen LogP contribution >= 0.6 is 11.8 Å². The van der Waals surface area contributed by atoms with E-state index in [9.17, 15) is 4.79 Å².